The smallest absolute Gasteiger partial charge is 0.319 e. The molecule has 7 heteroatoms. The second kappa shape index (κ2) is 7.69. The Morgan fingerprint density at radius 1 is 1.45 bits per heavy atom. The summed E-state index contributed by atoms with van der Waals surface area (Å²) in [7, 11) is 0. The van der Waals surface area contributed by atoms with Crippen LogP contribution in [0.3, 0.4) is 0 Å². The van der Waals surface area contributed by atoms with Crippen LogP contribution in [0.2, 0.25) is 5.02 Å². The minimum atomic E-state index is -0.854. The third-order valence-electron chi connectivity index (χ3n) is 2.70. The molecule has 0 heterocycles. The van der Waals surface area contributed by atoms with E-state index in [0.29, 0.717) is 25.1 Å². The monoisotopic (exact) mass is 302 g/mol. The van der Waals surface area contributed by atoms with Gasteiger partial charge in [-0.05, 0) is 31.0 Å². The van der Waals surface area contributed by atoms with Crippen LogP contribution in [0.1, 0.15) is 19.8 Å². The molecule has 0 aliphatic rings. The summed E-state index contributed by atoms with van der Waals surface area (Å²) in [5.74, 6) is -1.78. The molecule has 2 amide bonds. The van der Waals surface area contributed by atoms with Crippen molar-refractivity contribution < 1.29 is 19.1 Å². The quantitative estimate of drug-likeness (QED) is 0.707. The fourth-order valence-electron chi connectivity index (χ4n) is 1.49. The summed E-state index contributed by atoms with van der Waals surface area (Å²) in [4.78, 5) is 22.1. The molecule has 0 aliphatic heterocycles. The second-order valence-corrected chi connectivity index (χ2v) is 4.79. The fraction of sp³-hybridized carbons (Fsp3) is 0.385. The lowest BCUT2D eigenvalue weighted by Crippen LogP contribution is -2.30. The predicted molar refractivity (Wildman–Crippen MR) is 74.5 cm³/mol. The molecule has 1 aromatic carbocycles. The van der Waals surface area contributed by atoms with Crippen molar-refractivity contribution in [3.8, 4) is 0 Å². The molecule has 0 aliphatic carbocycles. The fourth-order valence-corrected chi connectivity index (χ4v) is 1.71. The van der Waals surface area contributed by atoms with Crippen LogP contribution in [0, 0.1) is 11.7 Å². The first-order valence-corrected chi connectivity index (χ1v) is 6.50. The third-order valence-corrected chi connectivity index (χ3v) is 3.01. The molecule has 0 fully saturated rings. The number of carbonyl (C=O) groups is 2. The lowest BCUT2D eigenvalue weighted by Gasteiger charge is -2.10. The van der Waals surface area contributed by atoms with Gasteiger partial charge in [-0.15, -0.1) is 0 Å². The van der Waals surface area contributed by atoms with Gasteiger partial charge in [0, 0.05) is 6.54 Å². The molecule has 1 unspecified atom stereocenters. The van der Waals surface area contributed by atoms with E-state index in [-0.39, 0.29) is 5.02 Å². The van der Waals surface area contributed by atoms with Gasteiger partial charge in [-0.25, -0.2) is 9.18 Å². The van der Waals surface area contributed by atoms with Crippen molar-refractivity contribution in [2.24, 2.45) is 5.92 Å². The number of benzene rings is 1. The molecule has 1 aromatic rings. The van der Waals surface area contributed by atoms with Crippen LogP contribution in [0.5, 0.6) is 0 Å². The Morgan fingerprint density at radius 2 is 2.15 bits per heavy atom. The number of carbonyl (C=O) groups excluding carboxylic acids is 1. The van der Waals surface area contributed by atoms with Gasteiger partial charge >= 0.3 is 12.0 Å². The number of hydrogen-bond donors (Lipinski definition) is 3. The van der Waals surface area contributed by atoms with E-state index in [9.17, 15) is 14.0 Å². The SMILES string of the molecule is CC(CCCNC(=O)Nc1ccc(F)cc1Cl)C(=O)O. The van der Waals surface area contributed by atoms with E-state index in [1.54, 1.807) is 6.92 Å². The molecule has 110 valence electrons. The summed E-state index contributed by atoms with van der Waals surface area (Å²) in [6.07, 6.45) is 1.03. The Bertz CT molecular complexity index is 497. The van der Waals surface area contributed by atoms with Crippen LogP contribution in [0.15, 0.2) is 18.2 Å². The minimum absolute atomic E-state index is 0.111. The largest absolute Gasteiger partial charge is 0.481 e. The van der Waals surface area contributed by atoms with Gasteiger partial charge < -0.3 is 15.7 Å². The maximum atomic E-state index is 12.8. The van der Waals surface area contributed by atoms with E-state index in [4.69, 9.17) is 16.7 Å². The maximum Gasteiger partial charge on any atom is 0.319 e. The lowest BCUT2D eigenvalue weighted by atomic mass is 10.1. The van der Waals surface area contributed by atoms with Crippen molar-refractivity contribution in [1.29, 1.82) is 0 Å². The number of halogens is 2. The first-order chi connectivity index (χ1) is 9.40. The van der Waals surface area contributed by atoms with Crippen molar-refractivity contribution in [2.75, 3.05) is 11.9 Å². The zero-order valence-electron chi connectivity index (χ0n) is 11.0. The third kappa shape index (κ3) is 5.44. The highest BCUT2D eigenvalue weighted by molar-refractivity contribution is 6.33. The standard InChI is InChI=1S/C13H16ClFN2O3/c1-8(12(18)19)3-2-6-16-13(20)17-11-5-4-9(15)7-10(11)14/h4-5,7-8H,2-3,6H2,1H3,(H,18,19)(H2,16,17,20). The lowest BCUT2D eigenvalue weighted by molar-refractivity contribution is -0.141. The van der Waals surface area contributed by atoms with Gasteiger partial charge in [-0.3, -0.25) is 4.79 Å². The van der Waals surface area contributed by atoms with E-state index in [1.807, 2.05) is 0 Å². The number of urea groups is 1. The Kier molecular flexibility index (Phi) is 6.24. The van der Waals surface area contributed by atoms with Gasteiger partial charge in [-0.1, -0.05) is 18.5 Å². The highest BCUT2D eigenvalue weighted by Gasteiger charge is 2.10. The van der Waals surface area contributed by atoms with Gasteiger partial charge in [0.05, 0.1) is 16.6 Å². The van der Waals surface area contributed by atoms with E-state index in [0.717, 1.165) is 6.07 Å². The summed E-state index contributed by atoms with van der Waals surface area (Å²) >= 11 is 5.76. The zero-order valence-corrected chi connectivity index (χ0v) is 11.7. The molecule has 0 aromatic heterocycles. The van der Waals surface area contributed by atoms with E-state index in [1.165, 1.54) is 12.1 Å². The topological polar surface area (TPSA) is 78.4 Å². The molecular weight excluding hydrogens is 287 g/mol. The van der Waals surface area contributed by atoms with Crippen molar-refractivity contribution in [3.63, 3.8) is 0 Å². The van der Waals surface area contributed by atoms with Gasteiger partial charge in [0.2, 0.25) is 0 Å². The van der Waals surface area contributed by atoms with Crippen molar-refractivity contribution in [1.82, 2.24) is 5.32 Å². The number of rotatable bonds is 6. The number of anilines is 1. The summed E-state index contributed by atoms with van der Waals surface area (Å²) < 4.78 is 12.8. The zero-order chi connectivity index (χ0) is 15.1. The average molecular weight is 303 g/mol. The van der Waals surface area contributed by atoms with Crippen LogP contribution < -0.4 is 10.6 Å². The average Bonchev–Trinajstić information content (AvgIpc) is 2.37. The molecule has 0 saturated carbocycles. The minimum Gasteiger partial charge on any atom is -0.481 e. The molecule has 1 rings (SSSR count). The molecule has 1 atom stereocenters. The number of nitrogens with one attached hydrogen (secondary N) is 2. The molecule has 0 bridgehead atoms. The van der Waals surface area contributed by atoms with Crippen LogP contribution in [-0.2, 0) is 4.79 Å². The van der Waals surface area contributed by atoms with Crippen molar-refractivity contribution >= 4 is 29.3 Å². The molecule has 5 nitrogen and oxygen atoms in total. The van der Waals surface area contributed by atoms with E-state index < -0.39 is 23.7 Å². The molecule has 0 radical (unpaired) electrons. The number of carboxylic acids is 1. The summed E-state index contributed by atoms with van der Waals surface area (Å²) in [5, 5.41) is 13.9. The van der Waals surface area contributed by atoms with Gasteiger partial charge in [-0.2, -0.15) is 0 Å². The van der Waals surface area contributed by atoms with Crippen LogP contribution in [0.25, 0.3) is 0 Å². The predicted octanol–water partition coefficient (Wildman–Crippen LogP) is 3.10. The summed E-state index contributed by atoms with van der Waals surface area (Å²) in [6, 6.07) is 3.19. The number of hydrogen-bond acceptors (Lipinski definition) is 2. The summed E-state index contributed by atoms with van der Waals surface area (Å²) in [5.41, 5.74) is 0.310. The van der Waals surface area contributed by atoms with Crippen molar-refractivity contribution in [2.45, 2.75) is 19.8 Å². The Morgan fingerprint density at radius 3 is 2.75 bits per heavy atom. The number of carboxylic acid groups (broad SMARTS) is 1. The van der Waals surface area contributed by atoms with Crippen LogP contribution >= 0.6 is 11.6 Å². The Balaban J connectivity index is 2.32. The van der Waals surface area contributed by atoms with E-state index in [2.05, 4.69) is 10.6 Å². The Labute approximate surface area is 121 Å². The number of aliphatic carboxylic acids is 1. The second-order valence-electron chi connectivity index (χ2n) is 4.39. The van der Waals surface area contributed by atoms with Crippen LogP contribution in [0.4, 0.5) is 14.9 Å². The van der Waals surface area contributed by atoms with E-state index >= 15 is 0 Å². The summed E-state index contributed by atoms with van der Waals surface area (Å²) in [6.45, 7) is 1.96. The molecule has 20 heavy (non-hydrogen) atoms. The van der Waals surface area contributed by atoms with Crippen LogP contribution in [-0.4, -0.2) is 23.7 Å². The molecular formula is C13H16ClFN2O3. The molecule has 3 N–H and O–H groups in total. The van der Waals surface area contributed by atoms with Gasteiger partial charge in [0.1, 0.15) is 5.82 Å². The molecule has 0 saturated heterocycles. The van der Waals surface area contributed by atoms with Crippen molar-refractivity contribution in [3.05, 3.63) is 29.0 Å². The molecule has 0 spiro atoms. The highest BCUT2D eigenvalue weighted by atomic mass is 35.5. The maximum absolute atomic E-state index is 12.8. The van der Waals surface area contributed by atoms with Gasteiger partial charge in [0.25, 0.3) is 0 Å². The highest BCUT2D eigenvalue weighted by Crippen LogP contribution is 2.22. The van der Waals surface area contributed by atoms with Gasteiger partial charge in [0.15, 0.2) is 0 Å². The normalized spacial score (nSPS) is 11.8. The Hall–Kier alpha value is -1.82. The number of amides is 2. The first-order valence-electron chi connectivity index (χ1n) is 6.13. The first kappa shape index (κ1) is 16.2.